The van der Waals surface area contributed by atoms with Gasteiger partial charge in [-0.2, -0.15) is 0 Å². The predicted octanol–water partition coefficient (Wildman–Crippen LogP) is 5.48. The van der Waals surface area contributed by atoms with Crippen LogP contribution in [0.15, 0.2) is 24.3 Å². The third-order valence-electron chi connectivity index (χ3n) is 2.36. The van der Waals surface area contributed by atoms with E-state index in [1.807, 2.05) is 0 Å². The summed E-state index contributed by atoms with van der Waals surface area (Å²) in [7, 11) is 0. The van der Waals surface area contributed by atoms with Crippen LogP contribution in [0.3, 0.4) is 0 Å². The molecule has 0 aromatic carbocycles. The molecule has 0 unspecified atom stereocenters. The molecule has 0 rings (SSSR count). The molecule has 88 valence electrons. The molecule has 0 saturated heterocycles. The van der Waals surface area contributed by atoms with Crippen LogP contribution in [0.25, 0.3) is 0 Å². The van der Waals surface area contributed by atoms with Gasteiger partial charge in [-0.15, -0.1) is 11.6 Å². The lowest BCUT2D eigenvalue weighted by molar-refractivity contribution is 0.677. The van der Waals surface area contributed by atoms with Gasteiger partial charge in [-0.3, -0.25) is 0 Å². The van der Waals surface area contributed by atoms with Gasteiger partial charge in [-0.25, -0.2) is 0 Å². The predicted molar refractivity (Wildman–Crippen MR) is 71.6 cm³/mol. The van der Waals surface area contributed by atoms with Crippen molar-refractivity contribution >= 4 is 11.6 Å². The Morgan fingerprint density at radius 2 is 1.40 bits per heavy atom. The highest BCUT2D eigenvalue weighted by molar-refractivity contribution is 6.17. The van der Waals surface area contributed by atoms with Gasteiger partial charge in [-0.05, 0) is 25.7 Å². The third-order valence-corrected chi connectivity index (χ3v) is 2.63. The number of halogens is 1. The van der Waals surface area contributed by atoms with Crippen molar-refractivity contribution < 1.29 is 0 Å². The minimum absolute atomic E-state index is 0.815. The van der Waals surface area contributed by atoms with Crippen molar-refractivity contribution in [3.63, 3.8) is 0 Å². The molecule has 0 atom stereocenters. The maximum atomic E-state index is 5.60. The first-order valence-electron chi connectivity index (χ1n) is 6.29. The SMILES string of the molecule is CCCCC=CC=CCCCCCCCl. The van der Waals surface area contributed by atoms with E-state index in [1.165, 1.54) is 51.4 Å². The largest absolute Gasteiger partial charge is 0.127 e. The summed E-state index contributed by atoms with van der Waals surface area (Å²) in [6.07, 6.45) is 19.0. The minimum atomic E-state index is 0.815. The average molecular weight is 229 g/mol. The van der Waals surface area contributed by atoms with E-state index in [-0.39, 0.29) is 0 Å². The van der Waals surface area contributed by atoms with Crippen LogP contribution in [0, 0.1) is 0 Å². The van der Waals surface area contributed by atoms with Gasteiger partial charge >= 0.3 is 0 Å². The summed E-state index contributed by atoms with van der Waals surface area (Å²) < 4.78 is 0. The van der Waals surface area contributed by atoms with E-state index in [0.29, 0.717) is 0 Å². The number of allylic oxidation sites excluding steroid dienone is 4. The molecule has 0 fully saturated rings. The molecule has 0 aromatic rings. The van der Waals surface area contributed by atoms with E-state index in [4.69, 9.17) is 11.6 Å². The van der Waals surface area contributed by atoms with E-state index in [2.05, 4.69) is 31.2 Å². The Hall–Kier alpha value is -0.230. The van der Waals surface area contributed by atoms with Gasteiger partial charge in [0.2, 0.25) is 0 Å². The van der Waals surface area contributed by atoms with Gasteiger partial charge in [0, 0.05) is 5.88 Å². The monoisotopic (exact) mass is 228 g/mol. The minimum Gasteiger partial charge on any atom is -0.127 e. The van der Waals surface area contributed by atoms with Crippen molar-refractivity contribution in [2.24, 2.45) is 0 Å². The second-order valence-corrected chi connectivity index (χ2v) is 4.27. The average Bonchev–Trinajstić information content (AvgIpc) is 2.26. The van der Waals surface area contributed by atoms with Crippen LogP contribution in [0.4, 0.5) is 0 Å². The Morgan fingerprint density at radius 3 is 2.00 bits per heavy atom. The second kappa shape index (κ2) is 13.8. The lowest BCUT2D eigenvalue weighted by atomic mass is 10.1. The first kappa shape index (κ1) is 14.8. The molecule has 0 radical (unpaired) electrons. The topological polar surface area (TPSA) is 0 Å². The van der Waals surface area contributed by atoms with Crippen LogP contribution in [0.1, 0.15) is 58.3 Å². The first-order valence-corrected chi connectivity index (χ1v) is 6.83. The Bertz CT molecular complexity index is 159. The Labute approximate surface area is 100 Å². The molecule has 0 nitrogen and oxygen atoms in total. The first-order chi connectivity index (χ1) is 7.41. The molecule has 15 heavy (non-hydrogen) atoms. The molecule has 0 aromatic heterocycles. The van der Waals surface area contributed by atoms with Crippen LogP contribution in [0.5, 0.6) is 0 Å². The van der Waals surface area contributed by atoms with Crippen molar-refractivity contribution in [3.8, 4) is 0 Å². The van der Waals surface area contributed by atoms with E-state index in [9.17, 15) is 0 Å². The number of rotatable bonds is 10. The molecule has 1 heteroatoms. The smallest absolute Gasteiger partial charge is 0.0223 e. The van der Waals surface area contributed by atoms with E-state index < -0.39 is 0 Å². The summed E-state index contributed by atoms with van der Waals surface area (Å²) in [5.41, 5.74) is 0. The molecular formula is C14H25Cl. The fourth-order valence-corrected chi connectivity index (χ4v) is 1.57. The summed E-state index contributed by atoms with van der Waals surface area (Å²) in [5, 5.41) is 0. The van der Waals surface area contributed by atoms with Crippen molar-refractivity contribution in [3.05, 3.63) is 24.3 Å². The van der Waals surface area contributed by atoms with Crippen LogP contribution >= 0.6 is 11.6 Å². The molecule has 0 aliphatic rings. The number of unbranched alkanes of at least 4 members (excludes halogenated alkanes) is 6. The lowest BCUT2D eigenvalue weighted by Crippen LogP contribution is -1.77. The molecule has 0 bridgehead atoms. The Morgan fingerprint density at radius 1 is 0.800 bits per heavy atom. The molecule has 0 spiro atoms. The summed E-state index contributed by atoms with van der Waals surface area (Å²) in [5.74, 6) is 0.815. The van der Waals surface area contributed by atoms with Crippen molar-refractivity contribution in [1.82, 2.24) is 0 Å². The number of alkyl halides is 1. The molecule has 0 aliphatic heterocycles. The van der Waals surface area contributed by atoms with Gasteiger partial charge in [0.1, 0.15) is 0 Å². The summed E-state index contributed by atoms with van der Waals surface area (Å²) in [6, 6.07) is 0. The number of hydrogen-bond donors (Lipinski definition) is 0. The van der Waals surface area contributed by atoms with Crippen LogP contribution in [-0.4, -0.2) is 5.88 Å². The van der Waals surface area contributed by atoms with Crippen molar-refractivity contribution in [2.45, 2.75) is 58.3 Å². The maximum absolute atomic E-state index is 5.60. The Kier molecular flexibility index (Phi) is 13.6. The highest BCUT2D eigenvalue weighted by Crippen LogP contribution is 2.04. The highest BCUT2D eigenvalue weighted by Gasteiger charge is 1.86. The van der Waals surface area contributed by atoms with Crippen molar-refractivity contribution in [2.75, 3.05) is 5.88 Å². The van der Waals surface area contributed by atoms with Gasteiger partial charge in [0.25, 0.3) is 0 Å². The van der Waals surface area contributed by atoms with E-state index >= 15 is 0 Å². The van der Waals surface area contributed by atoms with E-state index in [1.54, 1.807) is 0 Å². The highest BCUT2D eigenvalue weighted by atomic mass is 35.5. The zero-order chi connectivity index (χ0) is 11.2. The standard InChI is InChI=1S/C14H25Cl/c1-2-3-4-5-6-7-8-9-10-11-12-13-14-15/h5-8H,2-4,9-14H2,1H3. The molecule has 0 amide bonds. The zero-order valence-corrected chi connectivity index (χ0v) is 10.8. The molecule has 0 heterocycles. The molecule has 0 N–H and O–H groups in total. The van der Waals surface area contributed by atoms with Gasteiger partial charge in [0.05, 0.1) is 0 Å². The van der Waals surface area contributed by atoms with Gasteiger partial charge in [0.15, 0.2) is 0 Å². The van der Waals surface area contributed by atoms with Crippen LogP contribution in [-0.2, 0) is 0 Å². The maximum Gasteiger partial charge on any atom is 0.0223 e. The lowest BCUT2D eigenvalue weighted by Gasteiger charge is -1.94. The fourth-order valence-electron chi connectivity index (χ4n) is 1.38. The van der Waals surface area contributed by atoms with Crippen molar-refractivity contribution in [1.29, 1.82) is 0 Å². The summed E-state index contributed by atoms with van der Waals surface area (Å²) >= 11 is 5.60. The van der Waals surface area contributed by atoms with E-state index in [0.717, 1.165) is 5.88 Å². The number of hydrogen-bond acceptors (Lipinski definition) is 0. The molecular weight excluding hydrogens is 204 g/mol. The fraction of sp³-hybridized carbons (Fsp3) is 0.714. The third kappa shape index (κ3) is 13.8. The summed E-state index contributed by atoms with van der Waals surface area (Å²) in [6.45, 7) is 2.23. The molecule has 0 saturated carbocycles. The van der Waals surface area contributed by atoms with Crippen LogP contribution in [0.2, 0.25) is 0 Å². The second-order valence-electron chi connectivity index (χ2n) is 3.89. The quantitative estimate of drug-likeness (QED) is 0.264. The van der Waals surface area contributed by atoms with Gasteiger partial charge < -0.3 is 0 Å². The molecule has 0 aliphatic carbocycles. The normalized spacial score (nSPS) is 11.9. The van der Waals surface area contributed by atoms with Gasteiger partial charge in [-0.1, -0.05) is 56.9 Å². The summed E-state index contributed by atoms with van der Waals surface area (Å²) in [4.78, 5) is 0. The van der Waals surface area contributed by atoms with Crippen LogP contribution < -0.4 is 0 Å². The zero-order valence-electron chi connectivity index (χ0n) is 10.1. The Balaban J connectivity index is 3.13.